The molecule has 2 heterocycles. The molecule has 198 valence electrons. The van der Waals surface area contributed by atoms with Crippen LogP contribution in [0.25, 0.3) is 11.1 Å². The maximum absolute atomic E-state index is 12.3. The van der Waals surface area contributed by atoms with Gasteiger partial charge in [0.05, 0.1) is 6.61 Å². The first-order valence-electron chi connectivity index (χ1n) is 13.7. The number of unbranched alkanes of at least 4 members (excludes halogenated alkanes) is 5. The predicted molar refractivity (Wildman–Crippen MR) is 142 cm³/mol. The molecule has 0 spiro atoms. The molecule has 7 nitrogen and oxygen atoms in total. The number of nitrogens with zero attached hydrogens (tertiary/aromatic N) is 2. The largest absolute Gasteiger partial charge is 0.463 e. The molecule has 1 aliphatic heterocycles. The fraction of sp³-hybridized carbons (Fsp3) is 0.500. The van der Waals surface area contributed by atoms with E-state index in [4.69, 9.17) is 18.9 Å². The predicted octanol–water partition coefficient (Wildman–Crippen LogP) is 6.94. The molecule has 7 heteroatoms. The lowest BCUT2D eigenvalue weighted by atomic mass is 9.96. The van der Waals surface area contributed by atoms with Crippen LogP contribution in [0, 0.1) is 0 Å². The number of ether oxygens (including phenoxy) is 4. The van der Waals surface area contributed by atoms with Crippen LogP contribution in [0.3, 0.4) is 0 Å². The summed E-state index contributed by atoms with van der Waals surface area (Å²) in [5.41, 5.74) is 3.05. The van der Waals surface area contributed by atoms with E-state index in [9.17, 15) is 4.79 Å². The Morgan fingerprint density at radius 2 is 1.70 bits per heavy atom. The number of carbonyl (C=O) groups excluding carboxylic acids is 1. The molecule has 1 aliphatic carbocycles. The monoisotopic (exact) mass is 506 g/mol. The number of aromatic nitrogens is 2. The van der Waals surface area contributed by atoms with Crippen LogP contribution in [0.1, 0.15) is 77.6 Å². The van der Waals surface area contributed by atoms with Gasteiger partial charge in [-0.3, -0.25) is 0 Å². The van der Waals surface area contributed by atoms with Crippen LogP contribution in [0.15, 0.2) is 60.3 Å². The van der Waals surface area contributed by atoms with Crippen LogP contribution in [-0.4, -0.2) is 35.3 Å². The summed E-state index contributed by atoms with van der Waals surface area (Å²) in [5.74, 6) is 0.664. The fourth-order valence-electron chi connectivity index (χ4n) is 4.46. The zero-order valence-corrected chi connectivity index (χ0v) is 21.8. The lowest BCUT2D eigenvalue weighted by molar-refractivity contribution is -0.129. The second-order valence-electron chi connectivity index (χ2n) is 9.59. The van der Waals surface area contributed by atoms with Crippen molar-refractivity contribution < 1.29 is 23.7 Å². The molecule has 0 unspecified atom stereocenters. The number of esters is 1. The Balaban J connectivity index is 1.19. The Bertz CT molecular complexity index is 1040. The molecule has 2 fully saturated rings. The van der Waals surface area contributed by atoms with Crippen LogP contribution in [0.4, 0.5) is 0 Å². The van der Waals surface area contributed by atoms with Crippen molar-refractivity contribution in [2.24, 2.45) is 0 Å². The lowest BCUT2D eigenvalue weighted by Crippen LogP contribution is -2.09. The summed E-state index contributed by atoms with van der Waals surface area (Å²) in [6.45, 7) is 3.28. The quantitative estimate of drug-likeness (QED) is 0.134. The van der Waals surface area contributed by atoms with Gasteiger partial charge < -0.3 is 18.9 Å². The van der Waals surface area contributed by atoms with Gasteiger partial charge in [0.2, 0.25) is 0 Å². The molecule has 1 saturated carbocycles. The highest BCUT2D eigenvalue weighted by molar-refractivity contribution is 5.84. The highest BCUT2D eigenvalue weighted by Crippen LogP contribution is 2.30. The molecule has 2 aromatic rings. The number of hydrogen-bond acceptors (Lipinski definition) is 7. The van der Waals surface area contributed by atoms with Crippen molar-refractivity contribution in [3.63, 3.8) is 0 Å². The summed E-state index contributed by atoms with van der Waals surface area (Å²) in [6, 6.07) is 7.65. The van der Waals surface area contributed by atoms with E-state index in [0.29, 0.717) is 30.9 Å². The van der Waals surface area contributed by atoms with Crippen LogP contribution in [0.5, 0.6) is 11.8 Å². The van der Waals surface area contributed by atoms with E-state index in [-0.39, 0.29) is 6.10 Å². The molecule has 0 amide bonds. The van der Waals surface area contributed by atoms with Crippen LogP contribution < -0.4 is 9.47 Å². The number of rotatable bonds is 12. The molecule has 4 rings (SSSR count). The number of allylic oxidation sites excluding steroid dienone is 1. The van der Waals surface area contributed by atoms with Crippen molar-refractivity contribution in [1.29, 1.82) is 0 Å². The Labute approximate surface area is 219 Å². The average Bonchev–Trinajstić information content (AvgIpc) is 3.42. The Morgan fingerprint density at radius 1 is 0.973 bits per heavy atom. The summed E-state index contributed by atoms with van der Waals surface area (Å²) in [5, 5.41) is 0. The van der Waals surface area contributed by atoms with Gasteiger partial charge in [-0.2, -0.15) is 0 Å². The second-order valence-corrected chi connectivity index (χ2v) is 9.59. The van der Waals surface area contributed by atoms with Gasteiger partial charge in [-0.15, -0.1) is 0 Å². The minimum Gasteiger partial charge on any atom is -0.463 e. The van der Waals surface area contributed by atoms with Gasteiger partial charge in [0.25, 0.3) is 5.95 Å². The van der Waals surface area contributed by atoms with E-state index in [2.05, 4.69) is 16.9 Å². The molecular weight excluding hydrogens is 468 g/mol. The van der Waals surface area contributed by atoms with Gasteiger partial charge in [-0.1, -0.05) is 57.6 Å². The molecule has 1 saturated heterocycles. The van der Waals surface area contributed by atoms with Gasteiger partial charge in [0, 0.05) is 29.6 Å². The number of hydrogen-bond donors (Lipinski definition) is 0. The molecule has 37 heavy (non-hydrogen) atoms. The summed E-state index contributed by atoms with van der Waals surface area (Å²) in [4.78, 5) is 20.9. The van der Waals surface area contributed by atoms with Crippen LogP contribution in [-0.2, 0) is 14.3 Å². The minimum atomic E-state index is -0.453. The Hall–Kier alpha value is -3.35. The normalized spacial score (nSPS) is 17.5. The van der Waals surface area contributed by atoms with E-state index in [1.807, 2.05) is 12.1 Å². The third kappa shape index (κ3) is 8.62. The lowest BCUT2D eigenvalue weighted by Gasteiger charge is -2.14. The zero-order valence-electron chi connectivity index (χ0n) is 21.8. The van der Waals surface area contributed by atoms with Crippen molar-refractivity contribution in [2.75, 3.05) is 13.2 Å². The highest BCUT2D eigenvalue weighted by Gasteiger charge is 2.24. The summed E-state index contributed by atoms with van der Waals surface area (Å²) < 4.78 is 22.6. The first-order valence-corrected chi connectivity index (χ1v) is 13.7. The molecular formula is C30H38N2O5. The van der Waals surface area contributed by atoms with Gasteiger partial charge in [-0.05, 0) is 55.9 Å². The van der Waals surface area contributed by atoms with Crippen LogP contribution in [0.2, 0.25) is 0 Å². The topological polar surface area (TPSA) is 79.8 Å². The Morgan fingerprint density at radius 3 is 2.46 bits per heavy atom. The first kappa shape index (κ1) is 26.7. The molecule has 0 bridgehead atoms. The molecule has 0 N–H and O–H groups in total. The first-order chi connectivity index (χ1) is 18.2. The average molecular weight is 507 g/mol. The smallest absolute Gasteiger partial charge is 0.335 e. The van der Waals surface area contributed by atoms with E-state index in [0.717, 1.165) is 30.4 Å². The maximum atomic E-state index is 12.3. The third-order valence-electron chi connectivity index (χ3n) is 6.59. The second kappa shape index (κ2) is 14.4. The van der Waals surface area contributed by atoms with E-state index in [1.165, 1.54) is 63.0 Å². The van der Waals surface area contributed by atoms with Crippen LogP contribution >= 0.6 is 0 Å². The molecule has 0 radical (unpaired) electrons. The van der Waals surface area contributed by atoms with E-state index < -0.39 is 5.97 Å². The van der Waals surface area contributed by atoms with Crippen molar-refractivity contribution in [3.8, 4) is 22.9 Å². The third-order valence-corrected chi connectivity index (χ3v) is 6.59. The van der Waals surface area contributed by atoms with E-state index >= 15 is 0 Å². The molecule has 1 atom stereocenters. The summed E-state index contributed by atoms with van der Waals surface area (Å²) >= 11 is 0. The van der Waals surface area contributed by atoms with Crippen molar-refractivity contribution in [2.45, 2.75) is 83.7 Å². The molecule has 2 aliphatic rings. The van der Waals surface area contributed by atoms with Gasteiger partial charge in [0.15, 0.2) is 6.10 Å². The standard InChI is InChI=1S/C30H38N2O5/c1-2-3-4-5-6-10-19-34-30-31-20-25(21-32-30)23-13-15-26(16-14-23)36-28(33)18-17-27-22-35-29(37-27)24-11-8-7-9-12-24/h13-18,20-21,27H,2-12,19,22H2,1H3/b18-17+/t27-/m0/s1. The van der Waals surface area contributed by atoms with Crippen molar-refractivity contribution in [3.05, 3.63) is 60.3 Å². The molecule has 1 aromatic heterocycles. The number of benzene rings is 1. The minimum absolute atomic E-state index is 0.267. The molecule has 1 aromatic carbocycles. The highest BCUT2D eigenvalue weighted by atomic mass is 16.7. The van der Waals surface area contributed by atoms with Crippen molar-refractivity contribution >= 4 is 5.97 Å². The van der Waals surface area contributed by atoms with Gasteiger partial charge in [0.1, 0.15) is 12.4 Å². The van der Waals surface area contributed by atoms with E-state index in [1.54, 1.807) is 30.6 Å². The zero-order chi connectivity index (χ0) is 25.7. The summed E-state index contributed by atoms with van der Waals surface area (Å²) in [7, 11) is 0. The van der Waals surface area contributed by atoms with Gasteiger partial charge >= 0.3 is 12.0 Å². The number of carbonyl (C=O) groups is 1. The van der Waals surface area contributed by atoms with Gasteiger partial charge in [-0.25, -0.2) is 14.8 Å². The fourth-order valence-corrected chi connectivity index (χ4v) is 4.46. The SMILES string of the molecule is CCCCCCCCOc1ncc(-c2ccc(OC(=O)/C=C/[C@H]3COC(=C4CCCCC4)O3)cc2)cn1. The summed E-state index contributed by atoms with van der Waals surface area (Å²) in [6.07, 6.45) is 19.3. The van der Waals surface area contributed by atoms with Crippen molar-refractivity contribution in [1.82, 2.24) is 9.97 Å². The maximum Gasteiger partial charge on any atom is 0.335 e. The Kier molecular flexibility index (Phi) is 10.4.